The van der Waals surface area contributed by atoms with Crippen molar-refractivity contribution < 1.29 is 4.79 Å². The zero-order valence-electron chi connectivity index (χ0n) is 10.2. The molecular formula is C11H13N5OS2. The number of rotatable bonds is 4. The molecule has 0 saturated carbocycles. The summed E-state index contributed by atoms with van der Waals surface area (Å²) in [6.07, 6.45) is 3.91. The quantitative estimate of drug-likeness (QED) is 0.675. The summed E-state index contributed by atoms with van der Waals surface area (Å²) in [4.78, 5) is 26.1. The van der Waals surface area contributed by atoms with Crippen LogP contribution in [-0.4, -0.2) is 39.7 Å². The molecule has 3 rings (SSSR count). The summed E-state index contributed by atoms with van der Waals surface area (Å²) in [5, 5.41) is 1.78. The lowest BCUT2D eigenvalue weighted by atomic mass is 10.4. The van der Waals surface area contributed by atoms with Crippen molar-refractivity contribution in [2.24, 2.45) is 5.73 Å². The van der Waals surface area contributed by atoms with E-state index in [9.17, 15) is 4.79 Å². The van der Waals surface area contributed by atoms with Crippen LogP contribution in [0.25, 0.3) is 10.3 Å². The van der Waals surface area contributed by atoms with Crippen LogP contribution in [0.4, 0.5) is 5.13 Å². The molecule has 0 aliphatic carbocycles. The Balaban J connectivity index is 1.92. The molecule has 1 aliphatic heterocycles. The highest BCUT2D eigenvalue weighted by atomic mass is 32.2. The van der Waals surface area contributed by atoms with Crippen LogP contribution < -0.4 is 10.6 Å². The molecule has 2 N–H and O–H groups in total. The summed E-state index contributed by atoms with van der Waals surface area (Å²) < 4.78 is 0.940. The fraction of sp³-hybridized carbons (Fsp3) is 0.455. The van der Waals surface area contributed by atoms with E-state index in [2.05, 4.69) is 19.9 Å². The van der Waals surface area contributed by atoms with Gasteiger partial charge in [-0.05, 0) is 12.8 Å². The van der Waals surface area contributed by atoms with Crippen molar-refractivity contribution in [3.05, 3.63) is 6.33 Å². The van der Waals surface area contributed by atoms with Gasteiger partial charge in [0.25, 0.3) is 0 Å². The minimum Gasteiger partial charge on any atom is -0.369 e. The molecule has 100 valence electrons. The summed E-state index contributed by atoms with van der Waals surface area (Å²) in [5.41, 5.74) is 5.87. The molecule has 3 heterocycles. The second-order valence-corrected chi connectivity index (χ2v) is 6.22. The summed E-state index contributed by atoms with van der Waals surface area (Å²) in [6.45, 7) is 2.11. The fourth-order valence-electron chi connectivity index (χ4n) is 2.01. The van der Waals surface area contributed by atoms with Crippen LogP contribution in [-0.2, 0) is 4.79 Å². The highest BCUT2D eigenvalue weighted by molar-refractivity contribution is 8.00. The predicted octanol–water partition coefficient (Wildman–Crippen LogP) is 1.26. The van der Waals surface area contributed by atoms with E-state index in [1.54, 1.807) is 11.3 Å². The highest BCUT2D eigenvalue weighted by Gasteiger charge is 2.18. The third-order valence-electron chi connectivity index (χ3n) is 2.87. The minimum absolute atomic E-state index is 0.225. The smallest absolute Gasteiger partial charge is 0.227 e. The van der Waals surface area contributed by atoms with Crippen LogP contribution in [0.5, 0.6) is 0 Å². The molecule has 1 aliphatic rings. The molecule has 1 amide bonds. The zero-order chi connectivity index (χ0) is 13.2. The van der Waals surface area contributed by atoms with Crippen molar-refractivity contribution in [2.45, 2.75) is 17.9 Å². The topological polar surface area (TPSA) is 85.0 Å². The number of fused-ring (bicyclic) bond motifs is 1. The Kier molecular flexibility index (Phi) is 3.52. The number of hydrogen-bond donors (Lipinski definition) is 1. The van der Waals surface area contributed by atoms with Gasteiger partial charge in [-0.25, -0.2) is 9.97 Å². The number of primary amides is 1. The average Bonchev–Trinajstić information content (AvgIpc) is 3.04. The number of aromatic nitrogens is 3. The SMILES string of the molecule is NC(=O)CSc1ncnc2nc(N3CCCC3)sc12. The standard InChI is InChI=1S/C11H13N5OS2/c12-7(17)5-18-10-8-9(13-6-14-10)15-11(19-8)16-3-1-2-4-16/h6H,1-5H2,(H2,12,17). The van der Waals surface area contributed by atoms with E-state index in [4.69, 9.17) is 5.73 Å². The maximum atomic E-state index is 10.9. The molecular weight excluding hydrogens is 282 g/mol. The Labute approximate surface area is 118 Å². The first-order valence-corrected chi connectivity index (χ1v) is 7.82. The number of nitrogens with zero attached hydrogens (tertiary/aromatic N) is 4. The third-order valence-corrected chi connectivity index (χ3v) is 5.13. The van der Waals surface area contributed by atoms with Crippen LogP contribution in [0.15, 0.2) is 11.4 Å². The van der Waals surface area contributed by atoms with Crippen molar-refractivity contribution in [3.8, 4) is 0 Å². The molecule has 0 unspecified atom stereocenters. The molecule has 1 saturated heterocycles. The zero-order valence-corrected chi connectivity index (χ0v) is 11.8. The van der Waals surface area contributed by atoms with E-state index < -0.39 is 0 Å². The minimum atomic E-state index is -0.346. The van der Waals surface area contributed by atoms with Crippen LogP contribution in [0, 0.1) is 0 Å². The maximum absolute atomic E-state index is 10.9. The van der Waals surface area contributed by atoms with Gasteiger partial charge in [-0.2, -0.15) is 4.98 Å². The van der Waals surface area contributed by atoms with E-state index in [1.165, 1.54) is 30.9 Å². The number of carbonyl (C=O) groups is 1. The van der Waals surface area contributed by atoms with Crippen molar-refractivity contribution in [1.29, 1.82) is 0 Å². The third kappa shape index (κ3) is 2.64. The number of thiazole rings is 1. The van der Waals surface area contributed by atoms with Crippen molar-refractivity contribution in [1.82, 2.24) is 15.0 Å². The number of nitrogens with two attached hydrogens (primary N) is 1. The Morgan fingerprint density at radius 2 is 2.21 bits per heavy atom. The van der Waals surface area contributed by atoms with Gasteiger partial charge >= 0.3 is 0 Å². The Hall–Kier alpha value is -1.41. The maximum Gasteiger partial charge on any atom is 0.227 e. The Morgan fingerprint density at radius 1 is 1.42 bits per heavy atom. The van der Waals surface area contributed by atoms with Gasteiger partial charge in [0.05, 0.1) is 5.75 Å². The molecule has 0 spiro atoms. The van der Waals surface area contributed by atoms with Gasteiger partial charge < -0.3 is 10.6 Å². The first-order chi connectivity index (χ1) is 9.24. The van der Waals surface area contributed by atoms with Crippen LogP contribution in [0.2, 0.25) is 0 Å². The molecule has 2 aromatic rings. The molecule has 0 aromatic carbocycles. The first-order valence-electron chi connectivity index (χ1n) is 6.01. The van der Waals surface area contributed by atoms with Gasteiger partial charge in [0.15, 0.2) is 10.8 Å². The molecule has 0 atom stereocenters. The summed E-state index contributed by atoms with van der Waals surface area (Å²) in [5.74, 6) is -0.121. The number of hydrogen-bond acceptors (Lipinski definition) is 7. The van der Waals surface area contributed by atoms with Crippen LogP contribution in [0.1, 0.15) is 12.8 Å². The van der Waals surface area contributed by atoms with E-state index >= 15 is 0 Å². The molecule has 2 aromatic heterocycles. The second kappa shape index (κ2) is 5.30. The molecule has 6 nitrogen and oxygen atoms in total. The predicted molar refractivity (Wildman–Crippen MR) is 76.6 cm³/mol. The monoisotopic (exact) mass is 295 g/mol. The molecule has 1 fully saturated rings. The van der Waals surface area contributed by atoms with Gasteiger partial charge in [0, 0.05) is 13.1 Å². The number of amides is 1. The number of carbonyl (C=O) groups excluding carboxylic acids is 1. The van der Waals surface area contributed by atoms with E-state index in [0.717, 1.165) is 27.9 Å². The lowest BCUT2D eigenvalue weighted by Crippen LogP contribution is -2.16. The van der Waals surface area contributed by atoms with Crippen LogP contribution >= 0.6 is 23.1 Å². The number of anilines is 1. The van der Waals surface area contributed by atoms with Crippen molar-refractivity contribution in [3.63, 3.8) is 0 Å². The molecule has 8 heteroatoms. The number of thioether (sulfide) groups is 1. The largest absolute Gasteiger partial charge is 0.369 e. The summed E-state index contributed by atoms with van der Waals surface area (Å²) >= 11 is 2.93. The lowest BCUT2D eigenvalue weighted by Gasteiger charge is -2.11. The van der Waals surface area contributed by atoms with Gasteiger partial charge in [-0.3, -0.25) is 4.79 Å². The normalized spacial score (nSPS) is 15.3. The average molecular weight is 295 g/mol. The van der Waals surface area contributed by atoms with Gasteiger partial charge in [0.1, 0.15) is 16.1 Å². The van der Waals surface area contributed by atoms with E-state index in [1.807, 2.05) is 0 Å². The van der Waals surface area contributed by atoms with Crippen LogP contribution in [0.3, 0.4) is 0 Å². The summed E-state index contributed by atoms with van der Waals surface area (Å²) in [6, 6.07) is 0. The molecule has 0 radical (unpaired) electrons. The van der Waals surface area contributed by atoms with Crippen molar-refractivity contribution >= 4 is 44.5 Å². The second-order valence-electron chi connectivity index (χ2n) is 4.28. The summed E-state index contributed by atoms with van der Waals surface area (Å²) in [7, 11) is 0. The Bertz CT molecular complexity index is 608. The Morgan fingerprint density at radius 3 is 2.95 bits per heavy atom. The fourth-order valence-corrected chi connectivity index (χ4v) is 3.89. The molecule has 0 bridgehead atoms. The van der Waals surface area contributed by atoms with E-state index in [0.29, 0.717) is 5.65 Å². The van der Waals surface area contributed by atoms with Crippen molar-refractivity contribution in [2.75, 3.05) is 23.7 Å². The van der Waals surface area contributed by atoms with Gasteiger partial charge in [0.2, 0.25) is 5.91 Å². The van der Waals surface area contributed by atoms with Gasteiger partial charge in [-0.1, -0.05) is 23.1 Å². The molecule has 19 heavy (non-hydrogen) atoms. The van der Waals surface area contributed by atoms with E-state index in [-0.39, 0.29) is 11.7 Å². The van der Waals surface area contributed by atoms with Gasteiger partial charge in [-0.15, -0.1) is 0 Å². The lowest BCUT2D eigenvalue weighted by molar-refractivity contribution is -0.115. The highest BCUT2D eigenvalue weighted by Crippen LogP contribution is 2.34. The first kappa shape index (κ1) is 12.6.